The van der Waals surface area contributed by atoms with Gasteiger partial charge in [0, 0.05) is 6.61 Å². The predicted molar refractivity (Wildman–Crippen MR) is 42.5 cm³/mol. The van der Waals surface area contributed by atoms with Crippen molar-refractivity contribution in [2.75, 3.05) is 6.61 Å². The van der Waals surface area contributed by atoms with Gasteiger partial charge < -0.3 is 9.84 Å². The summed E-state index contributed by atoms with van der Waals surface area (Å²) < 4.78 is 5.20. The van der Waals surface area contributed by atoms with E-state index in [1.807, 2.05) is 13.8 Å². The van der Waals surface area contributed by atoms with Crippen molar-refractivity contribution in [1.29, 1.82) is 0 Å². The number of carbonyl (C=O) groups is 1. The van der Waals surface area contributed by atoms with E-state index in [4.69, 9.17) is 9.84 Å². The Morgan fingerprint density at radius 2 is 2.00 bits per heavy atom. The van der Waals surface area contributed by atoms with Gasteiger partial charge in [-0.15, -0.1) is 0 Å². The molecule has 3 nitrogen and oxygen atoms in total. The third-order valence-corrected chi connectivity index (χ3v) is 1.42. The van der Waals surface area contributed by atoms with Gasteiger partial charge in [-0.25, -0.2) is 0 Å². The van der Waals surface area contributed by atoms with Gasteiger partial charge >= 0.3 is 5.97 Å². The lowest BCUT2D eigenvalue weighted by atomic mass is 10.1. The van der Waals surface area contributed by atoms with Crippen molar-refractivity contribution in [3.63, 3.8) is 0 Å². The van der Waals surface area contributed by atoms with Crippen LogP contribution in [0.2, 0.25) is 0 Å². The molecule has 1 N–H and O–H groups in total. The van der Waals surface area contributed by atoms with E-state index in [1.54, 1.807) is 6.92 Å². The summed E-state index contributed by atoms with van der Waals surface area (Å²) in [5.41, 5.74) is 0. The van der Waals surface area contributed by atoms with E-state index in [0.29, 0.717) is 13.0 Å². The molecule has 0 aliphatic heterocycles. The fourth-order valence-corrected chi connectivity index (χ4v) is 0.604. The molecule has 0 aromatic heterocycles. The second-order valence-corrected chi connectivity index (χ2v) is 2.95. The maximum atomic E-state index is 10.3. The molecule has 1 atom stereocenters. The van der Waals surface area contributed by atoms with Crippen LogP contribution in [-0.4, -0.2) is 23.8 Å². The van der Waals surface area contributed by atoms with E-state index >= 15 is 0 Å². The normalized spacial score (nSPS) is 13.5. The number of hydrogen-bond donors (Lipinski definition) is 1. The van der Waals surface area contributed by atoms with E-state index in [0.717, 1.165) is 0 Å². The molecular weight excluding hydrogens is 144 g/mol. The first-order valence-corrected chi connectivity index (χ1v) is 3.88. The third kappa shape index (κ3) is 5.85. The van der Waals surface area contributed by atoms with Crippen molar-refractivity contribution < 1.29 is 14.6 Å². The van der Waals surface area contributed by atoms with Crippen LogP contribution in [0, 0.1) is 5.92 Å². The highest BCUT2D eigenvalue weighted by atomic mass is 16.5. The highest BCUT2D eigenvalue weighted by molar-refractivity contribution is 5.69. The zero-order valence-electron chi connectivity index (χ0n) is 7.33. The van der Waals surface area contributed by atoms with E-state index in [9.17, 15) is 4.79 Å². The zero-order valence-corrected chi connectivity index (χ0v) is 7.33. The molecule has 0 aromatic rings. The van der Waals surface area contributed by atoms with Gasteiger partial charge in [0.2, 0.25) is 0 Å². The van der Waals surface area contributed by atoms with Crippen LogP contribution in [0.1, 0.15) is 27.2 Å². The Hall–Kier alpha value is -0.570. The van der Waals surface area contributed by atoms with Gasteiger partial charge in [-0.3, -0.25) is 4.79 Å². The highest BCUT2D eigenvalue weighted by Gasteiger charge is 2.09. The van der Waals surface area contributed by atoms with Gasteiger partial charge in [-0.05, 0) is 20.3 Å². The molecule has 0 spiro atoms. The molecule has 11 heavy (non-hydrogen) atoms. The van der Waals surface area contributed by atoms with Crippen molar-refractivity contribution in [1.82, 2.24) is 0 Å². The van der Waals surface area contributed by atoms with Gasteiger partial charge in [0.25, 0.3) is 0 Å². The van der Waals surface area contributed by atoms with Crippen LogP contribution in [0.3, 0.4) is 0 Å². The quantitative estimate of drug-likeness (QED) is 0.663. The minimum atomic E-state index is -0.752. The lowest BCUT2D eigenvalue weighted by Gasteiger charge is -2.08. The molecule has 0 saturated heterocycles. The summed E-state index contributed by atoms with van der Waals surface area (Å²) in [7, 11) is 0. The van der Waals surface area contributed by atoms with Gasteiger partial charge in [-0.2, -0.15) is 0 Å². The fraction of sp³-hybridized carbons (Fsp3) is 0.875. The van der Waals surface area contributed by atoms with E-state index in [-0.39, 0.29) is 12.0 Å². The molecular formula is C8H16O3. The first-order chi connectivity index (χ1) is 5.04. The number of aliphatic carboxylic acids is 1. The van der Waals surface area contributed by atoms with Gasteiger partial charge in [0.15, 0.2) is 0 Å². The Balaban J connectivity index is 3.31. The first-order valence-electron chi connectivity index (χ1n) is 3.88. The number of rotatable bonds is 5. The molecule has 1 unspecified atom stereocenters. The standard InChI is InChI=1S/C8H16O3/c1-6(2)11-5-4-7(3)8(9)10/h6-7H,4-5H2,1-3H3,(H,9,10). The van der Waals surface area contributed by atoms with Crippen molar-refractivity contribution in [3.8, 4) is 0 Å². The van der Waals surface area contributed by atoms with Crippen LogP contribution < -0.4 is 0 Å². The minimum absolute atomic E-state index is 0.191. The summed E-state index contributed by atoms with van der Waals surface area (Å²) in [5.74, 6) is -1.05. The van der Waals surface area contributed by atoms with Crippen LogP contribution in [0.15, 0.2) is 0 Å². The third-order valence-electron chi connectivity index (χ3n) is 1.42. The summed E-state index contributed by atoms with van der Waals surface area (Å²) in [6, 6.07) is 0. The lowest BCUT2D eigenvalue weighted by molar-refractivity contribution is -0.141. The van der Waals surface area contributed by atoms with E-state index in [2.05, 4.69) is 0 Å². The Bertz CT molecular complexity index is 121. The zero-order chi connectivity index (χ0) is 8.85. The lowest BCUT2D eigenvalue weighted by Crippen LogP contribution is -2.14. The monoisotopic (exact) mass is 160 g/mol. The smallest absolute Gasteiger partial charge is 0.306 e. The van der Waals surface area contributed by atoms with E-state index < -0.39 is 5.97 Å². The van der Waals surface area contributed by atoms with Crippen LogP contribution in [-0.2, 0) is 9.53 Å². The summed E-state index contributed by atoms with van der Waals surface area (Å²) in [6.45, 7) is 6.09. The Labute approximate surface area is 67.4 Å². The van der Waals surface area contributed by atoms with Gasteiger partial charge in [0.1, 0.15) is 0 Å². The number of ether oxygens (including phenoxy) is 1. The van der Waals surface area contributed by atoms with Crippen LogP contribution in [0.25, 0.3) is 0 Å². The second-order valence-electron chi connectivity index (χ2n) is 2.95. The SMILES string of the molecule is CC(C)OCCC(C)C(=O)O. The summed E-state index contributed by atoms with van der Waals surface area (Å²) in [5, 5.41) is 8.49. The molecule has 0 rings (SSSR count). The van der Waals surface area contributed by atoms with Gasteiger partial charge in [0.05, 0.1) is 12.0 Å². The highest BCUT2D eigenvalue weighted by Crippen LogP contribution is 2.02. The number of carboxylic acids is 1. The average molecular weight is 160 g/mol. The molecule has 0 fully saturated rings. The molecule has 0 aliphatic rings. The maximum absolute atomic E-state index is 10.3. The van der Waals surface area contributed by atoms with E-state index in [1.165, 1.54) is 0 Å². The number of carboxylic acid groups (broad SMARTS) is 1. The predicted octanol–water partition coefficient (Wildman–Crippen LogP) is 1.52. The minimum Gasteiger partial charge on any atom is -0.481 e. The largest absolute Gasteiger partial charge is 0.481 e. The molecule has 0 radical (unpaired) electrons. The van der Waals surface area contributed by atoms with Crippen LogP contribution >= 0.6 is 0 Å². The van der Waals surface area contributed by atoms with Gasteiger partial charge in [-0.1, -0.05) is 6.92 Å². The number of hydrogen-bond acceptors (Lipinski definition) is 2. The van der Waals surface area contributed by atoms with Crippen molar-refractivity contribution in [2.45, 2.75) is 33.3 Å². The fourth-order valence-electron chi connectivity index (χ4n) is 0.604. The average Bonchev–Trinajstić information content (AvgIpc) is 1.86. The molecule has 0 aromatic carbocycles. The summed E-state index contributed by atoms with van der Waals surface area (Å²) in [4.78, 5) is 10.3. The second kappa shape index (κ2) is 5.13. The maximum Gasteiger partial charge on any atom is 0.306 e. The molecule has 0 saturated carbocycles. The topological polar surface area (TPSA) is 46.5 Å². The molecule has 0 bridgehead atoms. The Morgan fingerprint density at radius 1 is 1.45 bits per heavy atom. The molecule has 66 valence electrons. The summed E-state index contributed by atoms with van der Waals surface area (Å²) >= 11 is 0. The van der Waals surface area contributed by atoms with Crippen LogP contribution in [0.4, 0.5) is 0 Å². The van der Waals surface area contributed by atoms with Crippen molar-refractivity contribution in [3.05, 3.63) is 0 Å². The van der Waals surface area contributed by atoms with Crippen molar-refractivity contribution >= 4 is 5.97 Å². The molecule has 3 heteroatoms. The van der Waals surface area contributed by atoms with Crippen molar-refractivity contribution in [2.24, 2.45) is 5.92 Å². The molecule has 0 aliphatic carbocycles. The molecule has 0 amide bonds. The first kappa shape index (κ1) is 10.4. The summed E-state index contributed by atoms with van der Waals surface area (Å²) in [6.07, 6.45) is 0.782. The Kier molecular flexibility index (Phi) is 4.86. The Morgan fingerprint density at radius 3 is 2.36 bits per heavy atom. The molecule has 0 heterocycles. The van der Waals surface area contributed by atoms with Crippen LogP contribution in [0.5, 0.6) is 0 Å².